The molecule has 39 heavy (non-hydrogen) atoms. The van der Waals surface area contributed by atoms with E-state index in [9.17, 15) is 20.2 Å². The number of phenolic OH excluding ortho intramolecular Hbond substituents is 1. The summed E-state index contributed by atoms with van der Waals surface area (Å²) in [6.45, 7) is 7.45. The molecule has 2 heterocycles. The summed E-state index contributed by atoms with van der Waals surface area (Å²) in [4.78, 5) is 15.6. The molecule has 2 unspecified atom stereocenters. The summed E-state index contributed by atoms with van der Waals surface area (Å²) in [5, 5.41) is 37.9. The lowest BCUT2D eigenvalue weighted by molar-refractivity contribution is -0.924. The molecule has 1 saturated heterocycles. The Balaban J connectivity index is 1.28. The van der Waals surface area contributed by atoms with E-state index in [0.29, 0.717) is 56.0 Å². The van der Waals surface area contributed by atoms with Crippen LogP contribution in [0.3, 0.4) is 0 Å². The highest BCUT2D eigenvalue weighted by atomic mass is 16.6. The van der Waals surface area contributed by atoms with Crippen LogP contribution in [0, 0.1) is 11.1 Å². The second kappa shape index (κ2) is 7.99. The number of phenols is 1. The van der Waals surface area contributed by atoms with Crippen LogP contribution >= 0.6 is 0 Å². The Morgan fingerprint density at radius 3 is 2.51 bits per heavy atom. The Morgan fingerprint density at radius 1 is 1.13 bits per heavy atom. The predicted molar refractivity (Wildman–Crippen MR) is 148 cm³/mol. The third-order valence-electron chi connectivity index (χ3n) is 10.8. The lowest BCUT2D eigenvalue weighted by atomic mass is 9.48. The lowest BCUT2D eigenvalue weighted by Gasteiger charge is -2.68. The molecule has 6 atom stereocenters. The molecule has 1 spiro atoms. The third-order valence-corrected chi connectivity index (χ3v) is 10.8. The minimum Gasteiger partial charge on any atom is -0.632 e. The van der Waals surface area contributed by atoms with Crippen LogP contribution in [-0.2, 0) is 17.3 Å². The Hall–Kier alpha value is -2.61. The molecule has 3 fully saturated rings. The van der Waals surface area contributed by atoms with Gasteiger partial charge >= 0.3 is 0 Å². The van der Waals surface area contributed by atoms with E-state index in [1.165, 1.54) is 5.56 Å². The monoisotopic (exact) mass is 532 g/mol. The van der Waals surface area contributed by atoms with Gasteiger partial charge in [-0.05, 0) is 60.4 Å². The first-order chi connectivity index (χ1) is 18.4. The molecule has 2 aliphatic heterocycles. The molecule has 7 heteroatoms. The van der Waals surface area contributed by atoms with Gasteiger partial charge in [-0.1, -0.05) is 39.0 Å². The van der Waals surface area contributed by atoms with Gasteiger partial charge in [0.2, 0.25) is 0 Å². The number of aromatic hydroxyl groups is 1. The largest absolute Gasteiger partial charge is 0.632 e. The van der Waals surface area contributed by atoms with E-state index in [2.05, 4.69) is 20.8 Å². The third kappa shape index (κ3) is 3.36. The summed E-state index contributed by atoms with van der Waals surface area (Å²) in [5.41, 5.74) is 1.60. The van der Waals surface area contributed by atoms with Crippen molar-refractivity contribution in [2.45, 2.75) is 93.9 Å². The summed E-state index contributed by atoms with van der Waals surface area (Å²) in [7, 11) is 1.82. The summed E-state index contributed by atoms with van der Waals surface area (Å²) >= 11 is 0. The van der Waals surface area contributed by atoms with Crippen LogP contribution in [0.15, 0.2) is 36.4 Å². The van der Waals surface area contributed by atoms with Crippen LogP contribution in [-0.4, -0.2) is 69.6 Å². The van der Waals surface area contributed by atoms with Crippen molar-refractivity contribution in [3.8, 4) is 11.5 Å². The molecule has 2 bridgehead atoms. The summed E-state index contributed by atoms with van der Waals surface area (Å²) < 4.78 is 6.26. The van der Waals surface area contributed by atoms with E-state index in [1.54, 1.807) is 11.0 Å². The van der Waals surface area contributed by atoms with E-state index in [-0.39, 0.29) is 27.8 Å². The zero-order valence-corrected chi connectivity index (χ0v) is 23.4. The van der Waals surface area contributed by atoms with Gasteiger partial charge in [0.05, 0.1) is 24.5 Å². The van der Waals surface area contributed by atoms with Gasteiger partial charge in [-0.3, -0.25) is 4.79 Å². The topological polar surface area (TPSA) is 93.1 Å². The van der Waals surface area contributed by atoms with Crippen LogP contribution in [0.2, 0.25) is 0 Å². The molecule has 2 aromatic carbocycles. The Bertz CT molecular complexity index is 1350. The molecule has 7 rings (SSSR count). The van der Waals surface area contributed by atoms with E-state index >= 15 is 0 Å². The number of amides is 1. The van der Waals surface area contributed by atoms with Crippen molar-refractivity contribution in [2.24, 2.45) is 5.92 Å². The minimum atomic E-state index is -1.24. The van der Waals surface area contributed by atoms with Crippen molar-refractivity contribution in [2.75, 3.05) is 20.1 Å². The van der Waals surface area contributed by atoms with Gasteiger partial charge in [-0.15, -0.1) is 0 Å². The summed E-state index contributed by atoms with van der Waals surface area (Å²) in [5.74, 6) is 0.870. The second-order valence-electron chi connectivity index (χ2n) is 14.0. The number of ether oxygens (including phenoxy) is 1. The van der Waals surface area contributed by atoms with Gasteiger partial charge in [0.15, 0.2) is 11.5 Å². The van der Waals surface area contributed by atoms with Crippen molar-refractivity contribution in [3.63, 3.8) is 0 Å². The van der Waals surface area contributed by atoms with Crippen molar-refractivity contribution in [1.29, 1.82) is 0 Å². The van der Waals surface area contributed by atoms with Crippen LogP contribution < -0.4 is 4.74 Å². The quantitative estimate of drug-likeness (QED) is 0.450. The van der Waals surface area contributed by atoms with Gasteiger partial charge in [-0.25, -0.2) is 0 Å². The first-order valence-electron chi connectivity index (χ1n) is 14.6. The maximum Gasteiger partial charge on any atom is 0.253 e. The van der Waals surface area contributed by atoms with Crippen LogP contribution in [0.1, 0.15) is 79.9 Å². The smallest absolute Gasteiger partial charge is 0.253 e. The number of piperidine rings is 1. The molecule has 7 nitrogen and oxygen atoms in total. The highest BCUT2D eigenvalue weighted by molar-refractivity contribution is 5.94. The molecule has 2 aromatic rings. The SMILES string of the molecule is CN(C(=O)c1ccc(C(C)(C)C)cc1)[C@@H]1CC[C@@]2(O)[C@H]3Cc4ccc(O)c5c4C2(CC[N+]3([O-])CC2CC2)[C@H]1O5. The van der Waals surface area contributed by atoms with Crippen molar-refractivity contribution in [3.05, 3.63) is 63.9 Å². The molecular formula is C32H40N2O5. The average Bonchev–Trinajstić information content (AvgIpc) is 3.62. The molecule has 1 amide bonds. The number of hydrogen-bond acceptors (Lipinski definition) is 5. The van der Waals surface area contributed by atoms with Gasteiger partial charge < -0.3 is 29.7 Å². The molecule has 2 saturated carbocycles. The Labute approximate surface area is 230 Å². The van der Waals surface area contributed by atoms with Crippen molar-refractivity contribution < 1.29 is 24.4 Å². The fourth-order valence-corrected chi connectivity index (χ4v) is 8.59. The molecular weight excluding hydrogens is 492 g/mol. The number of aliphatic hydroxyl groups is 1. The van der Waals surface area contributed by atoms with Crippen LogP contribution in [0.5, 0.6) is 11.5 Å². The molecule has 2 N–H and O–H groups in total. The fraction of sp³-hybridized carbons (Fsp3) is 0.594. The molecule has 3 aliphatic carbocycles. The Kier molecular flexibility index (Phi) is 5.19. The predicted octanol–water partition coefficient (Wildman–Crippen LogP) is 4.41. The van der Waals surface area contributed by atoms with Crippen LogP contribution in [0.4, 0.5) is 0 Å². The number of nitrogens with zero attached hydrogens (tertiary/aromatic N) is 2. The number of rotatable bonds is 4. The zero-order valence-electron chi connectivity index (χ0n) is 23.4. The number of benzene rings is 2. The lowest BCUT2D eigenvalue weighted by Crippen LogP contribution is -2.81. The maximum absolute atomic E-state index is 14.4. The van der Waals surface area contributed by atoms with E-state index < -0.39 is 23.2 Å². The number of carbonyl (C=O) groups excluding carboxylic acids is 1. The number of likely N-dealkylation sites (tertiary alicyclic amines) is 1. The minimum absolute atomic E-state index is 0.00303. The Morgan fingerprint density at radius 2 is 1.85 bits per heavy atom. The highest BCUT2D eigenvalue weighted by Crippen LogP contribution is 2.67. The highest BCUT2D eigenvalue weighted by Gasteiger charge is 2.76. The van der Waals surface area contributed by atoms with E-state index in [1.807, 2.05) is 37.4 Å². The number of hydrogen-bond donors (Lipinski definition) is 2. The number of hydroxylamine groups is 3. The maximum atomic E-state index is 14.4. The van der Waals surface area contributed by atoms with Gasteiger partial charge in [0, 0.05) is 36.9 Å². The normalized spacial score (nSPS) is 36.2. The molecule has 5 aliphatic rings. The zero-order chi connectivity index (χ0) is 27.5. The second-order valence-corrected chi connectivity index (χ2v) is 14.0. The van der Waals surface area contributed by atoms with Crippen LogP contribution in [0.25, 0.3) is 0 Å². The number of quaternary nitrogens is 1. The van der Waals surface area contributed by atoms with Crippen molar-refractivity contribution >= 4 is 5.91 Å². The average molecular weight is 533 g/mol. The summed E-state index contributed by atoms with van der Waals surface area (Å²) in [6, 6.07) is 10.6. The molecule has 0 aromatic heterocycles. The van der Waals surface area contributed by atoms with E-state index in [4.69, 9.17) is 4.74 Å². The molecule has 0 radical (unpaired) electrons. The van der Waals surface area contributed by atoms with Gasteiger partial charge in [0.25, 0.3) is 5.91 Å². The molecule has 208 valence electrons. The first kappa shape index (κ1) is 25.4. The van der Waals surface area contributed by atoms with Crippen molar-refractivity contribution in [1.82, 2.24) is 4.90 Å². The standard InChI is InChI=1S/C32H40N2O5/c1-30(2,3)22-10-7-20(8-11-22)29(36)33(4)23-13-14-32(37)25-17-21-9-12-24(35)27-26(21)31(32,28(23)39-27)15-16-34(25,38)18-19-5-6-19/h7-12,19,23,25,28,35,37H,5-6,13-18H2,1-4H3/t23-,25-,28+,31?,32-,34?/m1/s1. The van der Waals surface area contributed by atoms with Gasteiger partial charge in [0.1, 0.15) is 17.7 Å². The fourth-order valence-electron chi connectivity index (χ4n) is 8.59. The van der Waals surface area contributed by atoms with Gasteiger partial charge in [-0.2, -0.15) is 0 Å². The number of carbonyl (C=O) groups is 1. The summed E-state index contributed by atoms with van der Waals surface area (Å²) in [6.07, 6.45) is 3.63. The van der Waals surface area contributed by atoms with E-state index in [0.717, 1.165) is 24.0 Å². The first-order valence-corrected chi connectivity index (χ1v) is 14.6. The number of likely N-dealkylation sites (N-methyl/N-ethyl adjacent to an activating group) is 1.